The van der Waals surface area contributed by atoms with Gasteiger partial charge in [0.1, 0.15) is 6.04 Å². The number of nitrogens with zero attached hydrogens (tertiary/aromatic N) is 1. The van der Waals surface area contributed by atoms with Crippen molar-refractivity contribution in [2.45, 2.75) is 23.8 Å². The van der Waals surface area contributed by atoms with Crippen molar-refractivity contribution in [3.63, 3.8) is 0 Å². The molecule has 1 saturated heterocycles. The molecular weight excluding hydrogens is 266 g/mol. The highest BCUT2D eigenvalue weighted by Crippen LogP contribution is 2.15. The van der Waals surface area contributed by atoms with Crippen LogP contribution in [0.1, 0.15) is 12.8 Å². The number of rotatable bonds is 4. The first-order valence-electron chi connectivity index (χ1n) is 5.81. The number of carbonyl (C=O) groups excluding carboxylic acids is 3. The zero-order valence-corrected chi connectivity index (χ0v) is 10.9. The fraction of sp³-hybridized carbons (Fsp3) is 0.333. The predicted molar refractivity (Wildman–Crippen MR) is 69.3 cm³/mol. The van der Waals surface area contributed by atoms with E-state index in [1.807, 2.05) is 12.1 Å². The van der Waals surface area contributed by atoms with Crippen molar-refractivity contribution in [2.75, 3.05) is 5.75 Å². The molecule has 0 bridgehead atoms. The lowest BCUT2D eigenvalue weighted by Crippen LogP contribution is -2.52. The van der Waals surface area contributed by atoms with E-state index in [1.165, 1.54) is 11.8 Å². The van der Waals surface area contributed by atoms with Crippen LogP contribution in [0, 0.1) is 0 Å². The Morgan fingerprint density at radius 2 is 2.16 bits per heavy atom. The summed E-state index contributed by atoms with van der Waals surface area (Å²) in [5.41, 5.74) is 0. The van der Waals surface area contributed by atoms with Gasteiger partial charge < -0.3 is 5.32 Å². The van der Waals surface area contributed by atoms with Crippen LogP contribution in [0.4, 0.5) is 0 Å². The van der Waals surface area contributed by atoms with E-state index in [0.29, 0.717) is 6.42 Å². The Morgan fingerprint density at radius 1 is 1.42 bits per heavy atom. The summed E-state index contributed by atoms with van der Waals surface area (Å²) < 4.78 is 0. The quantitative estimate of drug-likeness (QED) is 0.602. The highest BCUT2D eigenvalue weighted by Gasteiger charge is 2.27. The topological polar surface area (TPSA) is 88.2 Å². The van der Waals surface area contributed by atoms with Crippen LogP contribution in [0.25, 0.3) is 0 Å². The molecule has 6 nitrogen and oxygen atoms in total. The molecular formula is C12H13N3O3S. The van der Waals surface area contributed by atoms with Crippen LogP contribution in [0.5, 0.6) is 0 Å². The van der Waals surface area contributed by atoms with Gasteiger partial charge in [0, 0.05) is 23.7 Å². The highest BCUT2D eigenvalue weighted by molar-refractivity contribution is 8.00. The van der Waals surface area contributed by atoms with Crippen molar-refractivity contribution in [1.82, 2.24) is 15.6 Å². The van der Waals surface area contributed by atoms with Gasteiger partial charge in [0.25, 0.3) is 0 Å². The maximum absolute atomic E-state index is 11.7. The lowest BCUT2D eigenvalue weighted by atomic mass is 10.1. The van der Waals surface area contributed by atoms with Gasteiger partial charge in [-0.25, -0.2) is 0 Å². The van der Waals surface area contributed by atoms with E-state index in [1.54, 1.807) is 12.4 Å². The molecule has 2 heterocycles. The van der Waals surface area contributed by atoms with E-state index in [4.69, 9.17) is 0 Å². The van der Waals surface area contributed by atoms with Crippen LogP contribution in [0.15, 0.2) is 29.4 Å². The minimum Gasteiger partial charge on any atom is -0.344 e. The van der Waals surface area contributed by atoms with Gasteiger partial charge in [-0.2, -0.15) is 0 Å². The van der Waals surface area contributed by atoms with Crippen molar-refractivity contribution in [1.29, 1.82) is 0 Å². The molecule has 0 aliphatic carbocycles. The third-order valence-electron chi connectivity index (χ3n) is 2.59. The number of aromatic nitrogens is 1. The first-order valence-corrected chi connectivity index (χ1v) is 6.79. The van der Waals surface area contributed by atoms with Gasteiger partial charge in [-0.15, -0.1) is 11.8 Å². The number of piperidine rings is 1. The first kappa shape index (κ1) is 13.5. The second-order valence-corrected chi connectivity index (χ2v) is 5.09. The molecule has 2 N–H and O–H groups in total. The SMILES string of the molecule is O=C1CCC(NC(=O)CSc2ccncc2)C(=O)N1. The van der Waals surface area contributed by atoms with Crippen LogP contribution in [0.2, 0.25) is 0 Å². The lowest BCUT2D eigenvalue weighted by Gasteiger charge is -2.21. The average Bonchev–Trinajstić information content (AvgIpc) is 2.41. The molecule has 1 aliphatic rings. The summed E-state index contributed by atoms with van der Waals surface area (Å²) in [5, 5.41) is 4.82. The third kappa shape index (κ3) is 4.06. The first-order chi connectivity index (χ1) is 9.15. The summed E-state index contributed by atoms with van der Waals surface area (Å²) in [5.74, 6) is -0.724. The van der Waals surface area contributed by atoms with Gasteiger partial charge in [-0.1, -0.05) is 0 Å². The lowest BCUT2D eigenvalue weighted by molar-refractivity contribution is -0.136. The van der Waals surface area contributed by atoms with Crippen LogP contribution in [-0.4, -0.2) is 34.5 Å². The maximum Gasteiger partial charge on any atom is 0.249 e. The van der Waals surface area contributed by atoms with Crippen LogP contribution >= 0.6 is 11.8 Å². The zero-order chi connectivity index (χ0) is 13.7. The zero-order valence-electron chi connectivity index (χ0n) is 10.1. The standard InChI is InChI=1S/C12H13N3O3S/c16-10-2-1-9(12(18)15-10)14-11(17)7-19-8-3-5-13-6-4-8/h3-6,9H,1-2,7H2,(H,14,17)(H,15,16,18). The molecule has 0 aromatic carbocycles. The minimum absolute atomic E-state index is 0.224. The Labute approximate surface area is 114 Å². The molecule has 0 spiro atoms. The number of carbonyl (C=O) groups is 3. The van der Waals surface area contributed by atoms with Gasteiger partial charge in [0.05, 0.1) is 5.75 Å². The van der Waals surface area contributed by atoms with E-state index < -0.39 is 11.9 Å². The van der Waals surface area contributed by atoms with Crippen molar-refractivity contribution < 1.29 is 14.4 Å². The monoisotopic (exact) mass is 279 g/mol. The Balaban J connectivity index is 1.78. The molecule has 2 rings (SSSR count). The summed E-state index contributed by atoms with van der Waals surface area (Å²) in [6.45, 7) is 0. The minimum atomic E-state index is -0.608. The number of hydrogen-bond acceptors (Lipinski definition) is 5. The Kier molecular flexibility index (Phi) is 4.51. The molecule has 1 aromatic rings. The van der Waals surface area contributed by atoms with E-state index in [2.05, 4.69) is 15.6 Å². The Bertz CT molecular complexity index is 492. The molecule has 1 fully saturated rings. The Morgan fingerprint density at radius 3 is 2.84 bits per heavy atom. The van der Waals surface area contributed by atoms with Crippen molar-refractivity contribution in [3.8, 4) is 0 Å². The second kappa shape index (κ2) is 6.33. The van der Waals surface area contributed by atoms with Gasteiger partial charge in [0.15, 0.2) is 0 Å². The van der Waals surface area contributed by atoms with Crippen molar-refractivity contribution in [3.05, 3.63) is 24.5 Å². The van der Waals surface area contributed by atoms with Crippen LogP contribution < -0.4 is 10.6 Å². The summed E-state index contributed by atoms with van der Waals surface area (Å²) in [6, 6.07) is 3.01. The van der Waals surface area contributed by atoms with E-state index in [0.717, 1.165) is 4.90 Å². The van der Waals surface area contributed by atoms with E-state index in [-0.39, 0.29) is 24.0 Å². The number of hydrogen-bond donors (Lipinski definition) is 2. The molecule has 1 aromatic heterocycles. The number of thioether (sulfide) groups is 1. The molecule has 0 radical (unpaired) electrons. The molecule has 1 atom stereocenters. The molecule has 1 unspecified atom stereocenters. The summed E-state index contributed by atoms with van der Waals surface area (Å²) in [6.07, 6.45) is 3.92. The van der Waals surface area contributed by atoms with Crippen molar-refractivity contribution in [2.24, 2.45) is 0 Å². The molecule has 1 aliphatic heterocycles. The number of imide groups is 1. The molecule has 3 amide bonds. The molecule has 0 saturated carbocycles. The fourth-order valence-corrected chi connectivity index (χ4v) is 2.35. The number of nitrogens with one attached hydrogen (secondary N) is 2. The molecule has 100 valence electrons. The normalized spacial score (nSPS) is 18.8. The summed E-state index contributed by atoms with van der Waals surface area (Å²) in [4.78, 5) is 38.9. The third-order valence-corrected chi connectivity index (χ3v) is 3.61. The van der Waals surface area contributed by atoms with Crippen LogP contribution in [-0.2, 0) is 14.4 Å². The summed E-state index contributed by atoms with van der Waals surface area (Å²) in [7, 11) is 0. The largest absolute Gasteiger partial charge is 0.344 e. The van der Waals surface area contributed by atoms with E-state index in [9.17, 15) is 14.4 Å². The fourth-order valence-electron chi connectivity index (χ4n) is 1.65. The Hall–Kier alpha value is -1.89. The average molecular weight is 279 g/mol. The maximum atomic E-state index is 11.7. The molecule has 7 heteroatoms. The second-order valence-electron chi connectivity index (χ2n) is 4.04. The van der Waals surface area contributed by atoms with Crippen LogP contribution in [0.3, 0.4) is 0 Å². The predicted octanol–water partition coefficient (Wildman–Crippen LogP) is 0.0951. The van der Waals surface area contributed by atoms with Gasteiger partial charge in [-0.3, -0.25) is 24.7 Å². The number of pyridine rings is 1. The van der Waals surface area contributed by atoms with Gasteiger partial charge >= 0.3 is 0 Å². The van der Waals surface area contributed by atoms with Gasteiger partial charge in [0.2, 0.25) is 17.7 Å². The summed E-state index contributed by atoms with van der Waals surface area (Å²) >= 11 is 1.37. The molecule has 19 heavy (non-hydrogen) atoms. The van der Waals surface area contributed by atoms with Crippen molar-refractivity contribution >= 4 is 29.5 Å². The van der Waals surface area contributed by atoms with E-state index >= 15 is 0 Å². The van der Waals surface area contributed by atoms with Gasteiger partial charge in [-0.05, 0) is 18.6 Å². The highest BCUT2D eigenvalue weighted by atomic mass is 32.2. The smallest absolute Gasteiger partial charge is 0.249 e. The number of amides is 3.